The van der Waals surface area contributed by atoms with Crippen LogP contribution in [0.25, 0.3) is 0 Å². The zero-order chi connectivity index (χ0) is 10.9. The number of aromatic nitrogens is 2. The van der Waals surface area contributed by atoms with E-state index in [2.05, 4.69) is 9.97 Å². The topological polar surface area (TPSA) is 66.1 Å². The molecule has 5 nitrogen and oxygen atoms in total. The SMILES string of the molecule is O=S(=O)(c1cnc[nH]1)N1CCCC1CCl. The molecule has 0 radical (unpaired) electrons. The third-order valence-corrected chi connectivity index (χ3v) is 4.79. The summed E-state index contributed by atoms with van der Waals surface area (Å²) < 4.78 is 25.6. The summed E-state index contributed by atoms with van der Waals surface area (Å²) in [6.45, 7) is 0.540. The lowest BCUT2D eigenvalue weighted by molar-refractivity contribution is 0.409. The highest BCUT2D eigenvalue weighted by Crippen LogP contribution is 2.25. The van der Waals surface area contributed by atoms with Crippen LogP contribution in [0.1, 0.15) is 12.8 Å². The highest BCUT2D eigenvalue weighted by atomic mass is 35.5. The second-order valence-electron chi connectivity index (χ2n) is 3.48. The van der Waals surface area contributed by atoms with Gasteiger partial charge in [-0.2, -0.15) is 4.31 Å². The minimum absolute atomic E-state index is 0.0834. The number of sulfonamides is 1. The molecule has 1 unspecified atom stereocenters. The Kier molecular flexibility index (Phi) is 2.99. The number of nitrogens with one attached hydrogen (secondary N) is 1. The molecule has 0 spiro atoms. The Morgan fingerprint density at radius 1 is 1.67 bits per heavy atom. The fourth-order valence-electron chi connectivity index (χ4n) is 1.79. The summed E-state index contributed by atoms with van der Waals surface area (Å²) in [6, 6.07) is -0.0834. The van der Waals surface area contributed by atoms with Crippen LogP contribution in [0.5, 0.6) is 0 Å². The van der Waals surface area contributed by atoms with Gasteiger partial charge in [-0.3, -0.25) is 0 Å². The van der Waals surface area contributed by atoms with Gasteiger partial charge in [0, 0.05) is 18.5 Å². The molecule has 1 aromatic heterocycles. The Morgan fingerprint density at radius 3 is 3.07 bits per heavy atom. The highest BCUT2D eigenvalue weighted by Gasteiger charge is 2.35. The van der Waals surface area contributed by atoms with Gasteiger partial charge in [-0.05, 0) is 12.8 Å². The second kappa shape index (κ2) is 4.11. The van der Waals surface area contributed by atoms with E-state index in [0.717, 1.165) is 12.8 Å². The molecule has 0 aliphatic carbocycles. The van der Waals surface area contributed by atoms with Crippen molar-refractivity contribution in [2.24, 2.45) is 0 Å². The molecule has 1 saturated heterocycles. The molecule has 0 amide bonds. The van der Waals surface area contributed by atoms with Gasteiger partial charge in [-0.1, -0.05) is 0 Å². The first kappa shape index (κ1) is 10.9. The van der Waals surface area contributed by atoms with Crippen molar-refractivity contribution in [3.05, 3.63) is 12.5 Å². The first-order valence-electron chi connectivity index (χ1n) is 4.72. The molecule has 2 rings (SSSR count). The maximum atomic E-state index is 12.1. The smallest absolute Gasteiger partial charge is 0.260 e. The van der Waals surface area contributed by atoms with Crippen LogP contribution in [0, 0.1) is 0 Å². The lowest BCUT2D eigenvalue weighted by Crippen LogP contribution is -2.36. The van der Waals surface area contributed by atoms with Gasteiger partial charge in [0.05, 0.1) is 12.5 Å². The molecule has 1 aliphatic heterocycles. The maximum Gasteiger partial charge on any atom is 0.260 e. The quantitative estimate of drug-likeness (QED) is 0.806. The minimum atomic E-state index is -3.43. The predicted molar refractivity (Wildman–Crippen MR) is 56.2 cm³/mol. The van der Waals surface area contributed by atoms with Crippen molar-refractivity contribution in [1.29, 1.82) is 0 Å². The van der Waals surface area contributed by atoms with Crippen LogP contribution in [0.2, 0.25) is 0 Å². The Morgan fingerprint density at radius 2 is 2.47 bits per heavy atom. The van der Waals surface area contributed by atoms with Crippen molar-refractivity contribution in [2.45, 2.75) is 23.9 Å². The summed E-state index contributed by atoms with van der Waals surface area (Å²) in [5, 5.41) is 0.138. The molecule has 1 N–H and O–H groups in total. The van der Waals surface area contributed by atoms with Gasteiger partial charge >= 0.3 is 0 Å². The number of hydrogen-bond donors (Lipinski definition) is 1. The van der Waals surface area contributed by atoms with E-state index >= 15 is 0 Å². The first-order chi connectivity index (χ1) is 7.16. The van der Waals surface area contributed by atoms with Gasteiger partial charge in [0.1, 0.15) is 0 Å². The lowest BCUT2D eigenvalue weighted by Gasteiger charge is -2.20. The van der Waals surface area contributed by atoms with Crippen molar-refractivity contribution in [3.8, 4) is 0 Å². The maximum absolute atomic E-state index is 12.1. The van der Waals surface area contributed by atoms with E-state index in [-0.39, 0.29) is 11.1 Å². The molecule has 7 heteroatoms. The average molecular weight is 250 g/mol. The molecule has 0 saturated carbocycles. The van der Waals surface area contributed by atoms with Crippen LogP contribution < -0.4 is 0 Å². The third kappa shape index (κ3) is 1.89. The molecule has 1 atom stereocenters. The summed E-state index contributed by atoms with van der Waals surface area (Å²) in [4.78, 5) is 6.33. The van der Waals surface area contributed by atoms with E-state index in [0.29, 0.717) is 12.4 Å². The van der Waals surface area contributed by atoms with Gasteiger partial charge in [-0.25, -0.2) is 13.4 Å². The summed E-state index contributed by atoms with van der Waals surface area (Å²) >= 11 is 5.74. The van der Waals surface area contributed by atoms with Crippen molar-refractivity contribution in [2.75, 3.05) is 12.4 Å². The normalized spacial score (nSPS) is 23.4. The summed E-state index contributed by atoms with van der Waals surface area (Å²) in [5.41, 5.74) is 0. The van der Waals surface area contributed by atoms with E-state index in [1.54, 1.807) is 0 Å². The Balaban J connectivity index is 2.30. The van der Waals surface area contributed by atoms with Crippen molar-refractivity contribution < 1.29 is 8.42 Å². The van der Waals surface area contributed by atoms with Crippen molar-refractivity contribution >= 4 is 21.6 Å². The van der Waals surface area contributed by atoms with E-state index in [1.807, 2.05) is 0 Å². The Labute approximate surface area is 93.5 Å². The molecule has 0 bridgehead atoms. The molecule has 0 aromatic carbocycles. The van der Waals surface area contributed by atoms with Crippen LogP contribution in [-0.4, -0.2) is 41.2 Å². The molecule has 1 aromatic rings. The van der Waals surface area contributed by atoms with Gasteiger partial charge in [0.2, 0.25) is 0 Å². The fraction of sp³-hybridized carbons (Fsp3) is 0.625. The zero-order valence-electron chi connectivity index (χ0n) is 8.06. The highest BCUT2D eigenvalue weighted by molar-refractivity contribution is 7.89. The molecule has 2 heterocycles. The van der Waals surface area contributed by atoms with E-state index < -0.39 is 10.0 Å². The monoisotopic (exact) mass is 249 g/mol. The number of hydrogen-bond acceptors (Lipinski definition) is 3. The second-order valence-corrected chi connectivity index (χ2v) is 5.65. The van der Waals surface area contributed by atoms with Crippen LogP contribution >= 0.6 is 11.6 Å². The Bertz CT molecular complexity index is 417. The third-order valence-electron chi connectivity index (χ3n) is 2.56. The van der Waals surface area contributed by atoms with Gasteiger partial charge in [0.15, 0.2) is 5.03 Å². The molecule has 1 fully saturated rings. The zero-order valence-corrected chi connectivity index (χ0v) is 9.63. The molecule has 84 valence electrons. The minimum Gasteiger partial charge on any atom is -0.335 e. The van der Waals surface area contributed by atoms with Crippen LogP contribution in [0.4, 0.5) is 0 Å². The molecule has 1 aliphatic rings. The molecule has 15 heavy (non-hydrogen) atoms. The van der Waals surface area contributed by atoms with Gasteiger partial charge in [-0.15, -0.1) is 11.6 Å². The van der Waals surface area contributed by atoms with Crippen molar-refractivity contribution in [1.82, 2.24) is 14.3 Å². The van der Waals surface area contributed by atoms with Crippen LogP contribution in [-0.2, 0) is 10.0 Å². The first-order valence-corrected chi connectivity index (χ1v) is 6.70. The van der Waals surface area contributed by atoms with E-state index in [9.17, 15) is 8.42 Å². The average Bonchev–Trinajstić information content (AvgIpc) is 2.89. The number of alkyl halides is 1. The van der Waals surface area contributed by atoms with Crippen molar-refractivity contribution in [3.63, 3.8) is 0 Å². The number of nitrogens with zero attached hydrogens (tertiary/aromatic N) is 2. The Hall–Kier alpha value is -0.590. The summed E-state index contributed by atoms with van der Waals surface area (Å²) in [7, 11) is -3.43. The standard InChI is InChI=1S/C8H12ClN3O2S/c9-4-7-2-1-3-12(7)15(13,14)8-5-10-6-11-8/h5-7H,1-4H2,(H,10,11). The van der Waals surface area contributed by atoms with Gasteiger partial charge in [0.25, 0.3) is 10.0 Å². The lowest BCUT2D eigenvalue weighted by atomic mass is 10.3. The van der Waals surface area contributed by atoms with Crippen LogP contribution in [0.3, 0.4) is 0 Å². The van der Waals surface area contributed by atoms with E-state index in [4.69, 9.17) is 11.6 Å². The predicted octanol–water partition coefficient (Wildman–Crippen LogP) is 0.802. The fourth-order valence-corrected chi connectivity index (χ4v) is 3.78. The summed E-state index contributed by atoms with van der Waals surface area (Å²) in [5.74, 6) is 0.341. The number of H-pyrrole nitrogens is 1. The van der Waals surface area contributed by atoms with Crippen LogP contribution in [0.15, 0.2) is 17.6 Å². The number of imidazole rings is 1. The molecular weight excluding hydrogens is 238 g/mol. The summed E-state index contributed by atoms with van der Waals surface area (Å²) in [6.07, 6.45) is 4.37. The number of rotatable bonds is 3. The number of halogens is 1. The largest absolute Gasteiger partial charge is 0.335 e. The van der Waals surface area contributed by atoms with Gasteiger partial charge < -0.3 is 4.98 Å². The number of aromatic amines is 1. The molecular formula is C8H12ClN3O2S. The van der Waals surface area contributed by atoms with E-state index in [1.165, 1.54) is 16.8 Å².